The van der Waals surface area contributed by atoms with Crippen LogP contribution < -0.4 is 9.92 Å². The molecule has 1 amide bonds. The van der Waals surface area contributed by atoms with Gasteiger partial charge in [-0.25, -0.2) is 4.79 Å². The van der Waals surface area contributed by atoms with E-state index in [0.29, 0.717) is 5.75 Å². The standard InChI is InChI=1S/C15H20N2O2Si/c1-17(2)15(18)19-13-10-16-12-9-7-6-8-11(12)14(13)20(3,4)5/h6-10H,1-5H3. The predicted molar refractivity (Wildman–Crippen MR) is 84.4 cm³/mol. The molecule has 0 aliphatic carbocycles. The zero-order valence-corrected chi connectivity index (χ0v) is 13.6. The maximum Gasteiger partial charge on any atom is 0.414 e. The number of nitrogens with zero attached hydrogens (tertiary/aromatic N) is 2. The largest absolute Gasteiger partial charge is 0.414 e. The molecule has 0 bridgehead atoms. The van der Waals surface area contributed by atoms with Gasteiger partial charge >= 0.3 is 6.09 Å². The van der Waals surface area contributed by atoms with Crippen molar-refractivity contribution in [1.29, 1.82) is 0 Å². The van der Waals surface area contributed by atoms with Gasteiger partial charge in [0.1, 0.15) is 0 Å². The van der Waals surface area contributed by atoms with Crippen molar-refractivity contribution in [3.8, 4) is 5.75 Å². The van der Waals surface area contributed by atoms with Gasteiger partial charge in [0.15, 0.2) is 5.75 Å². The summed E-state index contributed by atoms with van der Waals surface area (Å²) in [5, 5.41) is 2.22. The number of pyridine rings is 1. The summed E-state index contributed by atoms with van der Waals surface area (Å²) in [5.41, 5.74) is 0.939. The molecule has 20 heavy (non-hydrogen) atoms. The van der Waals surface area contributed by atoms with Crippen LogP contribution >= 0.6 is 0 Å². The van der Waals surface area contributed by atoms with Crippen molar-refractivity contribution in [3.05, 3.63) is 30.5 Å². The van der Waals surface area contributed by atoms with Gasteiger partial charge in [-0.3, -0.25) is 4.98 Å². The first-order valence-corrected chi connectivity index (χ1v) is 10.1. The Bertz CT molecular complexity index is 648. The predicted octanol–water partition coefficient (Wildman–Crippen LogP) is 2.84. The first-order valence-electron chi connectivity index (χ1n) is 6.58. The Kier molecular flexibility index (Phi) is 3.81. The van der Waals surface area contributed by atoms with Gasteiger partial charge in [-0.1, -0.05) is 37.8 Å². The van der Waals surface area contributed by atoms with E-state index in [1.165, 1.54) is 4.90 Å². The molecule has 2 rings (SSSR count). The number of para-hydroxylation sites is 1. The molecule has 0 saturated heterocycles. The Hall–Kier alpha value is -1.88. The molecule has 5 heteroatoms. The Morgan fingerprint density at radius 1 is 1.20 bits per heavy atom. The van der Waals surface area contributed by atoms with Gasteiger partial charge < -0.3 is 9.64 Å². The number of fused-ring (bicyclic) bond motifs is 1. The highest BCUT2D eigenvalue weighted by Crippen LogP contribution is 2.21. The fourth-order valence-corrected chi connectivity index (χ4v) is 4.03. The monoisotopic (exact) mass is 288 g/mol. The first-order chi connectivity index (χ1) is 9.30. The fourth-order valence-electron chi connectivity index (χ4n) is 2.16. The number of carbonyl (C=O) groups is 1. The molecule has 4 nitrogen and oxygen atoms in total. The summed E-state index contributed by atoms with van der Waals surface area (Å²) in [7, 11) is 1.66. The van der Waals surface area contributed by atoms with Gasteiger partial charge in [-0.15, -0.1) is 0 Å². The fraction of sp³-hybridized carbons (Fsp3) is 0.333. The number of hydrogen-bond donors (Lipinski definition) is 0. The van der Waals surface area contributed by atoms with E-state index in [9.17, 15) is 4.79 Å². The number of aromatic nitrogens is 1. The molecule has 0 unspecified atom stereocenters. The number of ether oxygens (including phenoxy) is 1. The molecule has 1 heterocycles. The van der Waals surface area contributed by atoms with Gasteiger partial charge in [0.2, 0.25) is 0 Å². The van der Waals surface area contributed by atoms with Crippen LogP contribution in [0.25, 0.3) is 10.9 Å². The summed E-state index contributed by atoms with van der Waals surface area (Å²) in [6, 6.07) is 7.99. The van der Waals surface area contributed by atoms with E-state index in [1.54, 1.807) is 20.3 Å². The van der Waals surface area contributed by atoms with Crippen molar-refractivity contribution < 1.29 is 9.53 Å². The summed E-state index contributed by atoms with van der Waals surface area (Å²) in [6.07, 6.45) is 1.29. The van der Waals surface area contributed by atoms with E-state index in [1.807, 2.05) is 24.3 Å². The molecule has 0 fully saturated rings. The third-order valence-corrected chi connectivity index (χ3v) is 5.07. The molecular weight excluding hydrogens is 268 g/mol. The Morgan fingerprint density at radius 3 is 2.45 bits per heavy atom. The quantitative estimate of drug-likeness (QED) is 0.798. The molecule has 0 saturated carbocycles. The number of rotatable bonds is 2. The topological polar surface area (TPSA) is 42.4 Å². The lowest BCUT2D eigenvalue weighted by molar-refractivity contribution is 0.172. The summed E-state index contributed by atoms with van der Waals surface area (Å²) in [4.78, 5) is 17.6. The lowest BCUT2D eigenvalue weighted by atomic mass is 10.2. The smallest absolute Gasteiger partial charge is 0.409 e. The number of hydrogen-bond acceptors (Lipinski definition) is 3. The highest BCUT2D eigenvalue weighted by atomic mass is 28.3. The van der Waals surface area contributed by atoms with Crippen LogP contribution in [0.15, 0.2) is 30.5 Å². The molecule has 0 atom stereocenters. The lowest BCUT2D eigenvalue weighted by Gasteiger charge is -2.23. The van der Waals surface area contributed by atoms with Gasteiger partial charge in [-0.2, -0.15) is 0 Å². The van der Waals surface area contributed by atoms with E-state index in [-0.39, 0.29) is 6.09 Å². The average molecular weight is 288 g/mol. The minimum absolute atomic E-state index is 0.374. The van der Waals surface area contributed by atoms with Crippen molar-refractivity contribution in [2.45, 2.75) is 19.6 Å². The Morgan fingerprint density at radius 2 is 1.85 bits per heavy atom. The average Bonchev–Trinajstić information content (AvgIpc) is 2.36. The van der Waals surface area contributed by atoms with Crippen LogP contribution in [-0.2, 0) is 0 Å². The molecule has 0 aliphatic heterocycles. The highest BCUT2D eigenvalue weighted by Gasteiger charge is 2.26. The van der Waals surface area contributed by atoms with Crippen LogP contribution in [-0.4, -0.2) is 38.1 Å². The molecule has 1 aromatic carbocycles. The van der Waals surface area contributed by atoms with Crippen LogP contribution in [0.5, 0.6) is 5.75 Å². The molecule has 106 valence electrons. The zero-order valence-electron chi connectivity index (χ0n) is 12.6. The van der Waals surface area contributed by atoms with Crippen LogP contribution in [0.2, 0.25) is 19.6 Å². The van der Waals surface area contributed by atoms with Crippen LogP contribution in [0.1, 0.15) is 0 Å². The maximum atomic E-state index is 11.8. The minimum atomic E-state index is -1.68. The van der Waals surface area contributed by atoms with Crippen LogP contribution in [0, 0.1) is 0 Å². The summed E-state index contributed by atoms with van der Waals surface area (Å²) in [5.74, 6) is 0.585. The second-order valence-electron chi connectivity index (χ2n) is 6.03. The first kappa shape index (κ1) is 14.5. The molecule has 1 aromatic heterocycles. The van der Waals surface area contributed by atoms with E-state index >= 15 is 0 Å². The SMILES string of the molecule is CN(C)C(=O)Oc1cnc2ccccc2c1[Si](C)(C)C. The van der Waals surface area contributed by atoms with E-state index < -0.39 is 8.07 Å². The van der Waals surface area contributed by atoms with Crippen LogP contribution in [0.3, 0.4) is 0 Å². The molecular formula is C15H20N2O2Si. The van der Waals surface area contributed by atoms with Crippen molar-refractivity contribution in [2.24, 2.45) is 0 Å². The molecule has 0 N–H and O–H groups in total. The number of amides is 1. The molecule has 0 aliphatic rings. The summed E-state index contributed by atoms with van der Waals surface area (Å²) < 4.78 is 5.50. The third-order valence-electron chi connectivity index (χ3n) is 3.05. The normalized spacial score (nSPS) is 11.4. The van der Waals surface area contributed by atoms with E-state index in [2.05, 4.69) is 24.6 Å². The van der Waals surface area contributed by atoms with Crippen molar-refractivity contribution >= 4 is 30.3 Å². The van der Waals surface area contributed by atoms with Gasteiger partial charge in [0, 0.05) is 19.5 Å². The molecule has 0 spiro atoms. The van der Waals surface area contributed by atoms with E-state index in [0.717, 1.165) is 16.1 Å². The Balaban J connectivity index is 2.63. The Labute approximate surface area is 120 Å². The van der Waals surface area contributed by atoms with Gasteiger partial charge in [-0.05, 0) is 11.3 Å². The van der Waals surface area contributed by atoms with Crippen molar-refractivity contribution in [2.75, 3.05) is 14.1 Å². The van der Waals surface area contributed by atoms with Crippen molar-refractivity contribution in [1.82, 2.24) is 9.88 Å². The van der Waals surface area contributed by atoms with E-state index in [4.69, 9.17) is 4.74 Å². The third kappa shape index (κ3) is 2.82. The lowest BCUT2D eigenvalue weighted by Crippen LogP contribution is -2.40. The summed E-state index contributed by atoms with van der Waals surface area (Å²) in [6.45, 7) is 6.71. The molecule has 0 radical (unpaired) electrons. The molecule has 2 aromatic rings. The van der Waals surface area contributed by atoms with Crippen LogP contribution in [0.4, 0.5) is 4.79 Å². The van der Waals surface area contributed by atoms with Crippen molar-refractivity contribution in [3.63, 3.8) is 0 Å². The van der Waals surface area contributed by atoms with Gasteiger partial charge in [0.05, 0.1) is 19.8 Å². The zero-order chi connectivity index (χ0) is 14.9. The number of benzene rings is 1. The van der Waals surface area contributed by atoms with Gasteiger partial charge in [0.25, 0.3) is 0 Å². The summed E-state index contributed by atoms with van der Waals surface area (Å²) >= 11 is 0. The highest BCUT2D eigenvalue weighted by molar-refractivity contribution is 6.91. The number of carbonyl (C=O) groups excluding carboxylic acids is 1. The maximum absolute atomic E-state index is 11.8. The minimum Gasteiger partial charge on any atom is -0.409 e. The second kappa shape index (κ2) is 5.24. The second-order valence-corrected chi connectivity index (χ2v) is 11.0.